The Hall–Kier alpha value is -2.03. The summed E-state index contributed by atoms with van der Waals surface area (Å²) in [5.74, 6) is 1.39. The van der Waals surface area contributed by atoms with E-state index in [2.05, 4.69) is 18.0 Å². The van der Waals surface area contributed by atoms with E-state index in [0.717, 1.165) is 16.9 Å². The quantitative estimate of drug-likeness (QED) is 0.857. The number of nitrogens with zero attached hydrogens (tertiary/aromatic N) is 1. The minimum absolute atomic E-state index is 0.529. The molecule has 0 saturated carbocycles. The molecule has 0 spiro atoms. The van der Waals surface area contributed by atoms with E-state index < -0.39 is 0 Å². The average Bonchev–Trinajstić information content (AvgIpc) is 2.30. The van der Waals surface area contributed by atoms with Crippen LogP contribution in [0.1, 0.15) is 16.7 Å². The number of hydrogen-bond acceptors (Lipinski definition) is 3. The number of pyridine rings is 1. The van der Waals surface area contributed by atoms with Gasteiger partial charge in [0.2, 0.25) is 5.88 Å². The van der Waals surface area contributed by atoms with Crippen molar-refractivity contribution in [1.82, 2.24) is 4.98 Å². The van der Waals surface area contributed by atoms with E-state index in [1.165, 1.54) is 5.56 Å². The normalized spacial score (nSPS) is 10.3. The van der Waals surface area contributed by atoms with Crippen molar-refractivity contribution in [3.05, 3.63) is 47.2 Å². The van der Waals surface area contributed by atoms with Gasteiger partial charge >= 0.3 is 0 Å². The Morgan fingerprint density at radius 2 is 1.76 bits per heavy atom. The fourth-order valence-electron chi connectivity index (χ4n) is 1.67. The van der Waals surface area contributed by atoms with E-state index in [4.69, 9.17) is 10.5 Å². The van der Waals surface area contributed by atoms with Gasteiger partial charge in [-0.25, -0.2) is 4.98 Å². The zero-order valence-electron chi connectivity index (χ0n) is 10.3. The lowest BCUT2D eigenvalue weighted by molar-refractivity contribution is 0.456. The summed E-state index contributed by atoms with van der Waals surface area (Å²) in [4.78, 5) is 4.14. The van der Waals surface area contributed by atoms with Crippen LogP contribution in [0, 0.1) is 20.8 Å². The number of ether oxygens (including phenoxy) is 1. The van der Waals surface area contributed by atoms with E-state index in [0.29, 0.717) is 11.6 Å². The lowest BCUT2D eigenvalue weighted by Gasteiger charge is -2.12. The Labute approximate surface area is 101 Å². The van der Waals surface area contributed by atoms with Crippen molar-refractivity contribution < 1.29 is 4.74 Å². The predicted octanol–water partition coefficient (Wildman–Crippen LogP) is 3.38. The SMILES string of the molecule is Cc1ccc(C)c(Oc2cc(N)ccn2)c1C. The molecule has 0 bridgehead atoms. The topological polar surface area (TPSA) is 48.1 Å². The molecule has 1 aromatic carbocycles. The van der Waals surface area contributed by atoms with Crippen LogP contribution in [0.4, 0.5) is 5.69 Å². The van der Waals surface area contributed by atoms with Crippen LogP contribution in [-0.2, 0) is 0 Å². The van der Waals surface area contributed by atoms with Crippen LogP contribution in [0.3, 0.4) is 0 Å². The molecule has 0 atom stereocenters. The molecule has 88 valence electrons. The number of aryl methyl sites for hydroxylation is 2. The van der Waals surface area contributed by atoms with Gasteiger partial charge < -0.3 is 10.5 Å². The maximum absolute atomic E-state index is 5.81. The Kier molecular flexibility index (Phi) is 3.00. The van der Waals surface area contributed by atoms with Gasteiger partial charge in [-0.3, -0.25) is 0 Å². The van der Waals surface area contributed by atoms with E-state index in [1.54, 1.807) is 18.3 Å². The van der Waals surface area contributed by atoms with Gasteiger partial charge in [-0.1, -0.05) is 12.1 Å². The van der Waals surface area contributed by atoms with Gasteiger partial charge in [-0.15, -0.1) is 0 Å². The number of rotatable bonds is 2. The highest BCUT2D eigenvalue weighted by Gasteiger charge is 2.08. The summed E-state index contributed by atoms with van der Waals surface area (Å²) in [7, 11) is 0. The summed E-state index contributed by atoms with van der Waals surface area (Å²) < 4.78 is 5.81. The molecule has 2 rings (SSSR count). The summed E-state index contributed by atoms with van der Waals surface area (Å²) in [5, 5.41) is 0. The molecular weight excluding hydrogens is 212 g/mol. The molecule has 0 aliphatic rings. The Balaban J connectivity index is 2.39. The molecule has 0 aliphatic heterocycles. The van der Waals surface area contributed by atoms with Crippen LogP contribution in [0.25, 0.3) is 0 Å². The number of anilines is 1. The highest BCUT2D eigenvalue weighted by molar-refractivity contribution is 5.47. The number of aromatic nitrogens is 1. The third-order valence-electron chi connectivity index (χ3n) is 2.84. The van der Waals surface area contributed by atoms with Crippen molar-refractivity contribution in [2.75, 3.05) is 5.73 Å². The monoisotopic (exact) mass is 228 g/mol. The van der Waals surface area contributed by atoms with Crippen molar-refractivity contribution in [2.24, 2.45) is 0 Å². The lowest BCUT2D eigenvalue weighted by atomic mass is 10.1. The molecule has 17 heavy (non-hydrogen) atoms. The zero-order chi connectivity index (χ0) is 12.4. The summed E-state index contributed by atoms with van der Waals surface area (Å²) in [5.41, 5.74) is 9.78. The maximum atomic E-state index is 5.81. The van der Waals surface area contributed by atoms with Gasteiger partial charge in [0.1, 0.15) is 5.75 Å². The third kappa shape index (κ3) is 2.38. The van der Waals surface area contributed by atoms with Gasteiger partial charge in [0.25, 0.3) is 0 Å². The summed E-state index contributed by atoms with van der Waals surface area (Å²) in [6.07, 6.45) is 1.64. The minimum atomic E-state index is 0.529. The number of nitrogens with two attached hydrogens (primary N) is 1. The van der Waals surface area contributed by atoms with Gasteiger partial charge in [0, 0.05) is 18.0 Å². The third-order valence-corrected chi connectivity index (χ3v) is 2.84. The molecule has 0 radical (unpaired) electrons. The Morgan fingerprint density at radius 1 is 1.06 bits per heavy atom. The fraction of sp³-hybridized carbons (Fsp3) is 0.214. The van der Waals surface area contributed by atoms with Crippen LogP contribution in [0.5, 0.6) is 11.6 Å². The molecule has 0 aliphatic carbocycles. The molecule has 0 saturated heterocycles. The first-order valence-electron chi connectivity index (χ1n) is 5.54. The van der Waals surface area contributed by atoms with Crippen LogP contribution in [-0.4, -0.2) is 4.98 Å². The maximum Gasteiger partial charge on any atom is 0.221 e. The van der Waals surface area contributed by atoms with Crippen molar-refractivity contribution >= 4 is 5.69 Å². The van der Waals surface area contributed by atoms with Crippen LogP contribution < -0.4 is 10.5 Å². The van der Waals surface area contributed by atoms with Gasteiger partial charge in [0.15, 0.2) is 0 Å². The molecule has 0 fully saturated rings. The second-order valence-corrected chi connectivity index (χ2v) is 4.18. The molecule has 1 heterocycles. The molecule has 3 heteroatoms. The fourth-order valence-corrected chi connectivity index (χ4v) is 1.67. The highest BCUT2D eigenvalue weighted by atomic mass is 16.5. The van der Waals surface area contributed by atoms with E-state index in [1.807, 2.05) is 19.9 Å². The van der Waals surface area contributed by atoms with Crippen molar-refractivity contribution in [1.29, 1.82) is 0 Å². The second-order valence-electron chi connectivity index (χ2n) is 4.18. The molecule has 0 unspecified atom stereocenters. The van der Waals surface area contributed by atoms with Crippen LogP contribution >= 0.6 is 0 Å². The molecule has 3 nitrogen and oxygen atoms in total. The molecule has 2 aromatic rings. The lowest BCUT2D eigenvalue weighted by Crippen LogP contribution is -1.96. The first-order chi connectivity index (χ1) is 8.08. The predicted molar refractivity (Wildman–Crippen MR) is 69.4 cm³/mol. The summed E-state index contributed by atoms with van der Waals surface area (Å²) in [6.45, 7) is 6.13. The van der Waals surface area contributed by atoms with Crippen LogP contribution in [0.15, 0.2) is 30.5 Å². The first kappa shape index (κ1) is 11.5. The molecule has 2 N–H and O–H groups in total. The van der Waals surface area contributed by atoms with E-state index in [9.17, 15) is 0 Å². The smallest absolute Gasteiger partial charge is 0.221 e. The number of hydrogen-bond donors (Lipinski definition) is 1. The van der Waals surface area contributed by atoms with Crippen molar-refractivity contribution in [2.45, 2.75) is 20.8 Å². The van der Waals surface area contributed by atoms with Crippen LogP contribution in [0.2, 0.25) is 0 Å². The van der Waals surface area contributed by atoms with Gasteiger partial charge in [-0.05, 0) is 43.5 Å². The summed E-state index contributed by atoms with van der Waals surface area (Å²) >= 11 is 0. The largest absolute Gasteiger partial charge is 0.438 e. The highest BCUT2D eigenvalue weighted by Crippen LogP contribution is 2.30. The van der Waals surface area contributed by atoms with E-state index >= 15 is 0 Å². The number of benzene rings is 1. The van der Waals surface area contributed by atoms with Crippen molar-refractivity contribution in [3.63, 3.8) is 0 Å². The second kappa shape index (κ2) is 4.45. The standard InChI is InChI=1S/C14H16N2O/c1-9-4-5-10(2)14(11(9)3)17-13-8-12(15)6-7-16-13/h4-8H,1-3H3,(H2,15,16). The molecular formula is C14H16N2O. The minimum Gasteiger partial charge on any atom is -0.438 e. The van der Waals surface area contributed by atoms with Gasteiger partial charge in [-0.2, -0.15) is 0 Å². The number of nitrogen functional groups attached to an aromatic ring is 1. The molecule has 1 aromatic heterocycles. The van der Waals surface area contributed by atoms with Crippen molar-refractivity contribution in [3.8, 4) is 11.6 Å². The average molecular weight is 228 g/mol. The Bertz CT molecular complexity index is 550. The Morgan fingerprint density at radius 3 is 2.47 bits per heavy atom. The summed E-state index contributed by atoms with van der Waals surface area (Å²) in [6, 6.07) is 7.60. The van der Waals surface area contributed by atoms with E-state index in [-0.39, 0.29) is 0 Å². The zero-order valence-corrected chi connectivity index (χ0v) is 10.3. The first-order valence-corrected chi connectivity index (χ1v) is 5.54. The van der Waals surface area contributed by atoms with Gasteiger partial charge in [0.05, 0.1) is 0 Å². The molecule has 0 amide bonds.